The molecule has 128 valence electrons. The van der Waals surface area contributed by atoms with Gasteiger partial charge in [0.05, 0.1) is 0 Å². The maximum atomic E-state index is 11.9. The quantitative estimate of drug-likeness (QED) is 0.558. The van der Waals surface area contributed by atoms with E-state index < -0.39 is 49.8 Å². The molecule has 0 bridgehead atoms. The van der Waals surface area contributed by atoms with Gasteiger partial charge in [-0.3, -0.25) is 9.11 Å². The number of hydrogen-bond acceptors (Lipinski definition) is 7. The lowest BCUT2D eigenvalue weighted by Gasteiger charge is -2.02. The fraction of sp³-hybridized carbons (Fsp3) is 0. The van der Waals surface area contributed by atoms with Gasteiger partial charge in [0.25, 0.3) is 20.2 Å². The second kappa shape index (κ2) is 6.83. The van der Waals surface area contributed by atoms with Crippen molar-refractivity contribution in [2.24, 2.45) is 0 Å². The second-order valence-electron chi connectivity index (χ2n) is 4.25. The highest BCUT2D eigenvalue weighted by Gasteiger charge is 2.31. The molecule has 9 nitrogen and oxygen atoms in total. The molecule has 0 saturated carbocycles. The van der Waals surface area contributed by atoms with Gasteiger partial charge in [0.1, 0.15) is 9.79 Å². The Hall–Kier alpha value is -2.04. The lowest BCUT2D eigenvalue weighted by Crippen LogP contribution is -2.03. The Morgan fingerprint density at radius 3 is 1.38 bits per heavy atom. The van der Waals surface area contributed by atoms with Gasteiger partial charge >= 0.3 is 8.25 Å². The van der Waals surface area contributed by atoms with Crippen LogP contribution in [0.4, 0.5) is 0 Å². The predicted octanol–water partition coefficient (Wildman–Crippen LogP) is 2.30. The molecule has 0 aliphatic rings. The predicted molar refractivity (Wildman–Crippen MR) is 81.4 cm³/mol. The molecule has 0 radical (unpaired) electrons. The van der Waals surface area contributed by atoms with E-state index in [2.05, 4.69) is 0 Å². The molecule has 2 aromatic carbocycles. The maximum Gasteiger partial charge on any atom is 0.805 e. The molecule has 0 fully saturated rings. The topological polar surface area (TPSA) is 144 Å². The van der Waals surface area contributed by atoms with Crippen LogP contribution in [0.1, 0.15) is 0 Å². The van der Waals surface area contributed by atoms with Crippen molar-refractivity contribution >= 4 is 28.5 Å². The highest BCUT2D eigenvalue weighted by atomic mass is 32.2. The van der Waals surface area contributed by atoms with Crippen molar-refractivity contribution in [2.45, 2.75) is 9.79 Å². The van der Waals surface area contributed by atoms with Crippen LogP contribution in [0.3, 0.4) is 0 Å². The molecule has 0 unspecified atom stereocenters. The van der Waals surface area contributed by atoms with Crippen LogP contribution in [0.15, 0.2) is 58.3 Å². The Kier molecular flexibility index (Phi) is 5.21. The molecule has 0 aliphatic heterocycles. The SMILES string of the molecule is O=[P+](Oc1ccccc1S(=O)(=O)O)Oc1ccccc1S(=O)(=O)O. The van der Waals surface area contributed by atoms with E-state index in [1.54, 1.807) is 0 Å². The van der Waals surface area contributed by atoms with Crippen LogP contribution in [-0.4, -0.2) is 25.9 Å². The highest BCUT2D eigenvalue weighted by Crippen LogP contribution is 2.36. The van der Waals surface area contributed by atoms with Crippen molar-refractivity contribution in [2.75, 3.05) is 0 Å². The number of rotatable bonds is 6. The monoisotopic (exact) mass is 393 g/mol. The summed E-state index contributed by atoms with van der Waals surface area (Å²) in [4.78, 5) is -1.28. The molecular formula is C12H10O9PS2+. The van der Waals surface area contributed by atoms with Gasteiger partial charge in [-0.25, -0.2) is 9.05 Å². The van der Waals surface area contributed by atoms with Crippen molar-refractivity contribution in [1.29, 1.82) is 0 Å². The summed E-state index contributed by atoms with van der Waals surface area (Å²) in [7, 11) is -12.3. The highest BCUT2D eigenvalue weighted by molar-refractivity contribution is 7.86. The van der Waals surface area contributed by atoms with Gasteiger partial charge in [-0.15, -0.1) is 0 Å². The average molecular weight is 393 g/mol. The normalized spacial score (nSPS) is 11.8. The fourth-order valence-electron chi connectivity index (χ4n) is 1.66. The first kappa shape index (κ1) is 18.3. The van der Waals surface area contributed by atoms with Crippen molar-refractivity contribution in [3.63, 3.8) is 0 Å². The first-order valence-electron chi connectivity index (χ1n) is 6.05. The summed E-state index contributed by atoms with van der Waals surface area (Å²) in [5.41, 5.74) is 0. The van der Waals surface area contributed by atoms with Crippen LogP contribution in [0.2, 0.25) is 0 Å². The lowest BCUT2D eigenvalue weighted by atomic mass is 10.3. The zero-order chi connectivity index (χ0) is 18.0. The van der Waals surface area contributed by atoms with Crippen LogP contribution in [-0.2, 0) is 24.8 Å². The van der Waals surface area contributed by atoms with Gasteiger partial charge in [0.15, 0.2) is 0 Å². The molecule has 12 heteroatoms. The Morgan fingerprint density at radius 1 is 0.708 bits per heavy atom. The zero-order valence-electron chi connectivity index (χ0n) is 11.6. The van der Waals surface area contributed by atoms with Gasteiger partial charge in [0.2, 0.25) is 11.5 Å². The van der Waals surface area contributed by atoms with Crippen molar-refractivity contribution in [3.8, 4) is 11.5 Å². The van der Waals surface area contributed by atoms with Crippen molar-refractivity contribution < 1.29 is 39.6 Å². The van der Waals surface area contributed by atoms with Crippen LogP contribution >= 0.6 is 8.25 Å². The molecule has 0 saturated heterocycles. The Morgan fingerprint density at radius 2 is 1.04 bits per heavy atom. The molecule has 0 spiro atoms. The first-order valence-corrected chi connectivity index (χ1v) is 10.0. The zero-order valence-corrected chi connectivity index (χ0v) is 14.2. The summed E-state index contributed by atoms with van der Waals surface area (Å²) in [6, 6.07) is 9.59. The van der Waals surface area contributed by atoms with Crippen LogP contribution in [0.5, 0.6) is 11.5 Å². The first-order chi connectivity index (χ1) is 11.1. The summed E-state index contributed by atoms with van der Waals surface area (Å²) in [5, 5.41) is 0. The molecule has 0 aliphatic carbocycles. The summed E-state index contributed by atoms with van der Waals surface area (Å²) >= 11 is 0. The molecule has 0 atom stereocenters. The summed E-state index contributed by atoms with van der Waals surface area (Å²) < 4.78 is 84.5. The molecule has 2 rings (SSSR count). The minimum absolute atomic E-state index is 0.453. The smallest absolute Gasteiger partial charge is 0.282 e. The van der Waals surface area contributed by atoms with E-state index in [4.69, 9.17) is 18.2 Å². The van der Waals surface area contributed by atoms with Crippen LogP contribution in [0, 0.1) is 0 Å². The minimum atomic E-state index is -4.63. The third-order valence-electron chi connectivity index (χ3n) is 2.60. The van der Waals surface area contributed by atoms with Crippen LogP contribution < -0.4 is 9.05 Å². The van der Waals surface area contributed by atoms with Gasteiger partial charge in [-0.2, -0.15) is 16.8 Å². The number of para-hydroxylation sites is 2. The molecule has 0 amide bonds. The number of benzene rings is 2. The summed E-state index contributed by atoms with van der Waals surface area (Å²) in [6.45, 7) is 0. The molecule has 24 heavy (non-hydrogen) atoms. The largest absolute Gasteiger partial charge is 0.805 e. The average Bonchev–Trinajstić information content (AvgIpc) is 2.46. The van der Waals surface area contributed by atoms with Gasteiger partial charge in [-0.05, 0) is 24.3 Å². The Labute approximate surface area is 138 Å². The minimum Gasteiger partial charge on any atom is -0.282 e. The summed E-state index contributed by atoms with van der Waals surface area (Å²) in [6.07, 6.45) is 0. The molecule has 2 aromatic rings. The van der Waals surface area contributed by atoms with E-state index in [0.717, 1.165) is 24.3 Å². The van der Waals surface area contributed by atoms with Crippen molar-refractivity contribution in [3.05, 3.63) is 48.5 Å². The lowest BCUT2D eigenvalue weighted by molar-refractivity contribution is 0.403. The van der Waals surface area contributed by atoms with E-state index in [1.807, 2.05) is 0 Å². The van der Waals surface area contributed by atoms with E-state index in [1.165, 1.54) is 24.3 Å². The third kappa shape index (κ3) is 4.49. The molecule has 0 heterocycles. The van der Waals surface area contributed by atoms with E-state index >= 15 is 0 Å². The van der Waals surface area contributed by atoms with Crippen LogP contribution in [0.25, 0.3) is 0 Å². The van der Waals surface area contributed by atoms with Gasteiger partial charge < -0.3 is 0 Å². The molecular weight excluding hydrogens is 383 g/mol. The van der Waals surface area contributed by atoms with E-state index in [-0.39, 0.29) is 0 Å². The van der Waals surface area contributed by atoms with Gasteiger partial charge in [0, 0.05) is 4.57 Å². The fourth-order valence-corrected chi connectivity index (χ4v) is 3.69. The van der Waals surface area contributed by atoms with Gasteiger partial charge in [-0.1, -0.05) is 24.3 Å². The van der Waals surface area contributed by atoms with E-state index in [0.29, 0.717) is 0 Å². The molecule has 2 N–H and O–H groups in total. The second-order valence-corrected chi connectivity index (χ2v) is 7.84. The Bertz CT molecular complexity index is 904. The standard InChI is InChI=1S/C12H9O9PS2/c13-22(20-9-5-1-3-7-11(9)23(14,15)16)21-10-6-2-4-8-12(10)24(17,18)19/h1-8H,(H-,14,15,16,17,18,19)/p+1. The Balaban J connectivity index is 2.29. The van der Waals surface area contributed by atoms with E-state index in [9.17, 15) is 21.4 Å². The summed E-state index contributed by atoms with van der Waals surface area (Å²) in [5.74, 6) is -0.907. The molecule has 0 aromatic heterocycles. The maximum absolute atomic E-state index is 11.9. The van der Waals surface area contributed by atoms with Crippen molar-refractivity contribution in [1.82, 2.24) is 0 Å². The number of hydrogen-bond donors (Lipinski definition) is 2. The third-order valence-corrected chi connectivity index (χ3v) is 5.08.